The number of nitrogens with one attached hydrogen (secondary N) is 1. The molecule has 0 saturated heterocycles. The molecule has 0 unspecified atom stereocenters. The van der Waals surface area contributed by atoms with Crippen LogP contribution in [0.25, 0.3) is 0 Å². The van der Waals surface area contributed by atoms with Crippen LogP contribution in [0.15, 0.2) is 34.8 Å². The van der Waals surface area contributed by atoms with E-state index in [1.165, 1.54) is 0 Å². The van der Waals surface area contributed by atoms with E-state index >= 15 is 0 Å². The van der Waals surface area contributed by atoms with Gasteiger partial charge in [-0.05, 0) is 55.7 Å². The average Bonchev–Trinajstić information content (AvgIpc) is 2.48. The minimum Gasteiger partial charge on any atom is -0.497 e. The number of ether oxygens (including phenoxy) is 1. The standard InChI is InChI=1S/C17H18BrNO2/c1-10-11(2)15(9-16(18)12(10)3)17(20)19-13-6-5-7-14(8-13)21-4/h5-9H,1-4H3,(H,19,20). The van der Waals surface area contributed by atoms with E-state index in [-0.39, 0.29) is 5.91 Å². The van der Waals surface area contributed by atoms with Crippen molar-refractivity contribution >= 4 is 27.5 Å². The second-order valence-electron chi connectivity index (χ2n) is 4.97. The first-order chi connectivity index (χ1) is 9.93. The lowest BCUT2D eigenvalue weighted by Gasteiger charge is -2.14. The molecule has 0 radical (unpaired) electrons. The van der Waals surface area contributed by atoms with Crippen molar-refractivity contribution in [1.82, 2.24) is 0 Å². The van der Waals surface area contributed by atoms with Crippen LogP contribution in [0, 0.1) is 20.8 Å². The number of rotatable bonds is 3. The van der Waals surface area contributed by atoms with E-state index in [0.717, 1.165) is 21.2 Å². The number of carbonyl (C=O) groups is 1. The van der Waals surface area contributed by atoms with Gasteiger partial charge in [-0.3, -0.25) is 4.79 Å². The molecule has 2 aromatic carbocycles. The third kappa shape index (κ3) is 3.27. The van der Waals surface area contributed by atoms with Crippen molar-refractivity contribution < 1.29 is 9.53 Å². The Morgan fingerprint density at radius 3 is 2.48 bits per heavy atom. The molecule has 0 fully saturated rings. The SMILES string of the molecule is COc1cccc(NC(=O)c2cc(Br)c(C)c(C)c2C)c1. The zero-order chi connectivity index (χ0) is 15.6. The summed E-state index contributed by atoms with van der Waals surface area (Å²) in [6, 6.07) is 9.19. The smallest absolute Gasteiger partial charge is 0.255 e. The first kappa shape index (κ1) is 15.6. The van der Waals surface area contributed by atoms with E-state index in [4.69, 9.17) is 4.74 Å². The molecule has 0 aliphatic rings. The van der Waals surface area contributed by atoms with Crippen molar-refractivity contribution in [3.63, 3.8) is 0 Å². The van der Waals surface area contributed by atoms with E-state index in [1.807, 2.05) is 45.0 Å². The van der Waals surface area contributed by atoms with Gasteiger partial charge in [0, 0.05) is 21.8 Å². The summed E-state index contributed by atoms with van der Waals surface area (Å²) in [5, 5.41) is 2.91. The van der Waals surface area contributed by atoms with Gasteiger partial charge in [0.15, 0.2) is 0 Å². The van der Waals surface area contributed by atoms with Crippen molar-refractivity contribution in [2.45, 2.75) is 20.8 Å². The Bertz CT molecular complexity index is 695. The summed E-state index contributed by atoms with van der Waals surface area (Å²) in [4.78, 5) is 12.5. The highest BCUT2D eigenvalue weighted by atomic mass is 79.9. The molecule has 0 atom stereocenters. The molecule has 3 nitrogen and oxygen atoms in total. The average molecular weight is 348 g/mol. The van der Waals surface area contributed by atoms with Gasteiger partial charge in [-0.25, -0.2) is 0 Å². The van der Waals surface area contributed by atoms with Gasteiger partial charge in [0.25, 0.3) is 5.91 Å². The molecule has 0 bridgehead atoms. The highest BCUT2D eigenvalue weighted by molar-refractivity contribution is 9.10. The summed E-state index contributed by atoms with van der Waals surface area (Å²) in [6.07, 6.45) is 0. The van der Waals surface area contributed by atoms with Crippen molar-refractivity contribution in [1.29, 1.82) is 0 Å². The van der Waals surface area contributed by atoms with E-state index in [9.17, 15) is 4.79 Å². The van der Waals surface area contributed by atoms with Crippen LogP contribution in [0.1, 0.15) is 27.0 Å². The number of hydrogen-bond donors (Lipinski definition) is 1. The van der Waals surface area contributed by atoms with Crippen molar-refractivity contribution in [3.05, 3.63) is 57.1 Å². The first-order valence-electron chi connectivity index (χ1n) is 6.65. The minimum atomic E-state index is -0.121. The first-order valence-corrected chi connectivity index (χ1v) is 7.45. The van der Waals surface area contributed by atoms with Gasteiger partial charge in [-0.15, -0.1) is 0 Å². The summed E-state index contributed by atoms with van der Waals surface area (Å²) >= 11 is 3.51. The number of benzene rings is 2. The number of amides is 1. The third-order valence-electron chi connectivity index (χ3n) is 3.73. The molecule has 1 N–H and O–H groups in total. The Labute approximate surface area is 133 Å². The molecule has 0 aromatic heterocycles. The van der Waals surface area contributed by atoms with Crippen LogP contribution in [0.4, 0.5) is 5.69 Å². The summed E-state index contributed by atoms with van der Waals surface area (Å²) in [6.45, 7) is 6.03. The van der Waals surface area contributed by atoms with Gasteiger partial charge < -0.3 is 10.1 Å². The lowest BCUT2D eigenvalue weighted by molar-refractivity contribution is 0.102. The molecular weight excluding hydrogens is 330 g/mol. The predicted octanol–water partition coefficient (Wildman–Crippen LogP) is 4.64. The quantitative estimate of drug-likeness (QED) is 0.878. The van der Waals surface area contributed by atoms with Crippen LogP contribution in [0.5, 0.6) is 5.75 Å². The molecule has 0 saturated carbocycles. The lowest BCUT2D eigenvalue weighted by Crippen LogP contribution is -2.14. The van der Waals surface area contributed by atoms with Crippen LogP contribution >= 0.6 is 15.9 Å². The van der Waals surface area contributed by atoms with Crippen LogP contribution in [-0.4, -0.2) is 13.0 Å². The minimum absolute atomic E-state index is 0.121. The highest BCUT2D eigenvalue weighted by Crippen LogP contribution is 2.26. The molecule has 0 aliphatic carbocycles. The molecule has 0 spiro atoms. The maximum Gasteiger partial charge on any atom is 0.255 e. The summed E-state index contributed by atoms with van der Waals surface area (Å²) < 4.78 is 6.11. The Balaban J connectivity index is 2.32. The Hall–Kier alpha value is -1.81. The lowest BCUT2D eigenvalue weighted by atomic mass is 9.98. The molecule has 110 valence electrons. The Kier molecular flexibility index (Phi) is 4.68. The number of methoxy groups -OCH3 is 1. The summed E-state index contributed by atoms with van der Waals surface area (Å²) in [5.74, 6) is 0.593. The Morgan fingerprint density at radius 1 is 1.10 bits per heavy atom. The topological polar surface area (TPSA) is 38.3 Å². The fraction of sp³-hybridized carbons (Fsp3) is 0.235. The van der Waals surface area contributed by atoms with Crippen molar-refractivity contribution in [2.24, 2.45) is 0 Å². The molecule has 2 rings (SSSR count). The molecule has 0 heterocycles. The van der Waals surface area contributed by atoms with Crippen LogP contribution < -0.4 is 10.1 Å². The largest absolute Gasteiger partial charge is 0.497 e. The second kappa shape index (κ2) is 6.31. The predicted molar refractivity (Wildman–Crippen MR) is 89.3 cm³/mol. The van der Waals surface area contributed by atoms with Crippen molar-refractivity contribution in [2.75, 3.05) is 12.4 Å². The monoisotopic (exact) mass is 347 g/mol. The summed E-state index contributed by atoms with van der Waals surface area (Å²) in [7, 11) is 1.60. The van der Waals surface area contributed by atoms with Gasteiger partial charge >= 0.3 is 0 Å². The van der Waals surface area contributed by atoms with Gasteiger partial charge in [0.2, 0.25) is 0 Å². The molecule has 4 heteroatoms. The van der Waals surface area contributed by atoms with Crippen LogP contribution in [0.2, 0.25) is 0 Å². The van der Waals surface area contributed by atoms with E-state index < -0.39 is 0 Å². The van der Waals surface area contributed by atoms with E-state index in [1.54, 1.807) is 13.2 Å². The van der Waals surface area contributed by atoms with E-state index in [2.05, 4.69) is 21.2 Å². The maximum atomic E-state index is 12.5. The van der Waals surface area contributed by atoms with Gasteiger partial charge in [-0.1, -0.05) is 22.0 Å². The third-order valence-corrected chi connectivity index (χ3v) is 4.55. The molecule has 2 aromatic rings. The summed E-state index contributed by atoms with van der Waals surface area (Å²) in [5.41, 5.74) is 4.67. The zero-order valence-corrected chi connectivity index (χ0v) is 14.2. The maximum absolute atomic E-state index is 12.5. The Morgan fingerprint density at radius 2 is 1.81 bits per heavy atom. The second-order valence-corrected chi connectivity index (χ2v) is 5.82. The number of carbonyl (C=O) groups excluding carboxylic acids is 1. The van der Waals surface area contributed by atoms with Crippen LogP contribution in [0.3, 0.4) is 0 Å². The van der Waals surface area contributed by atoms with Gasteiger partial charge in [0.05, 0.1) is 7.11 Å². The highest BCUT2D eigenvalue weighted by Gasteiger charge is 2.14. The van der Waals surface area contributed by atoms with Crippen molar-refractivity contribution in [3.8, 4) is 5.75 Å². The zero-order valence-electron chi connectivity index (χ0n) is 12.6. The molecule has 21 heavy (non-hydrogen) atoms. The van der Waals surface area contributed by atoms with E-state index in [0.29, 0.717) is 17.0 Å². The fourth-order valence-corrected chi connectivity index (χ4v) is 2.67. The fourth-order valence-electron chi connectivity index (χ4n) is 2.14. The number of halogens is 1. The molecule has 0 aliphatic heterocycles. The number of hydrogen-bond acceptors (Lipinski definition) is 2. The number of anilines is 1. The van der Waals surface area contributed by atoms with Gasteiger partial charge in [0.1, 0.15) is 5.75 Å². The van der Waals surface area contributed by atoms with Gasteiger partial charge in [-0.2, -0.15) is 0 Å². The molecule has 1 amide bonds. The molecular formula is C17H18BrNO2. The normalized spacial score (nSPS) is 10.3. The van der Waals surface area contributed by atoms with Crippen LogP contribution in [-0.2, 0) is 0 Å².